The van der Waals surface area contributed by atoms with Crippen LogP contribution in [-0.2, 0) is 11.8 Å². The van der Waals surface area contributed by atoms with Gasteiger partial charge < -0.3 is 5.11 Å². The molecule has 5 nitrogen and oxygen atoms in total. The molecule has 0 aliphatic heterocycles. The number of rotatable bonds is 4. The van der Waals surface area contributed by atoms with Crippen LogP contribution in [0.1, 0.15) is 5.56 Å². The third-order valence-corrected chi connectivity index (χ3v) is 3.73. The molecule has 0 fully saturated rings. The van der Waals surface area contributed by atoms with Gasteiger partial charge in [0.1, 0.15) is 0 Å². The Morgan fingerprint density at radius 3 is 2.89 bits per heavy atom. The molecule has 0 atom stereocenters. The van der Waals surface area contributed by atoms with Gasteiger partial charge in [-0.2, -0.15) is 5.10 Å². The van der Waals surface area contributed by atoms with Gasteiger partial charge in [0.15, 0.2) is 11.0 Å². The standard InChI is InChI=1S/C12H12ClN3O2S/c1-7-3-4-8(9(13)5-7)11-14-12(16(2)15-11)19-6-10(17)18/h3-5H,6H2,1-2H3,(H,17,18). The zero-order valence-electron chi connectivity index (χ0n) is 10.4. The van der Waals surface area contributed by atoms with E-state index in [4.69, 9.17) is 16.7 Å². The summed E-state index contributed by atoms with van der Waals surface area (Å²) in [5.41, 5.74) is 1.80. The van der Waals surface area contributed by atoms with E-state index in [1.54, 1.807) is 11.7 Å². The van der Waals surface area contributed by atoms with E-state index in [9.17, 15) is 4.79 Å². The Kier molecular flexibility index (Phi) is 4.11. The van der Waals surface area contributed by atoms with Crippen molar-refractivity contribution in [3.05, 3.63) is 28.8 Å². The second-order valence-electron chi connectivity index (χ2n) is 4.01. The molecular formula is C12H12ClN3O2S. The number of thioether (sulfide) groups is 1. The molecule has 2 aromatic rings. The van der Waals surface area contributed by atoms with Gasteiger partial charge in [-0.15, -0.1) is 0 Å². The highest BCUT2D eigenvalue weighted by atomic mass is 35.5. The third-order valence-electron chi connectivity index (χ3n) is 2.41. The summed E-state index contributed by atoms with van der Waals surface area (Å²) in [5, 5.41) is 14.1. The first kappa shape index (κ1) is 13.9. The number of carbonyl (C=O) groups is 1. The van der Waals surface area contributed by atoms with E-state index < -0.39 is 5.97 Å². The molecule has 0 amide bonds. The first-order chi connectivity index (χ1) is 8.97. The maximum Gasteiger partial charge on any atom is 0.313 e. The highest BCUT2D eigenvalue weighted by Gasteiger charge is 2.13. The molecule has 0 spiro atoms. The van der Waals surface area contributed by atoms with E-state index in [0.29, 0.717) is 16.0 Å². The minimum atomic E-state index is -0.886. The molecule has 0 unspecified atom stereocenters. The van der Waals surface area contributed by atoms with Crippen LogP contribution in [0.2, 0.25) is 5.02 Å². The smallest absolute Gasteiger partial charge is 0.313 e. The van der Waals surface area contributed by atoms with E-state index in [-0.39, 0.29) is 5.75 Å². The fraction of sp³-hybridized carbons (Fsp3) is 0.250. The Hall–Kier alpha value is -1.53. The molecular weight excluding hydrogens is 286 g/mol. The number of carboxylic acid groups (broad SMARTS) is 1. The summed E-state index contributed by atoms with van der Waals surface area (Å²) in [7, 11) is 1.72. The first-order valence-electron chi connectivity index (χ1n) is 5.49. The molecule has 19 heavy (non-hydrogen) atoms. The molecule has 0 bridgehead atoms. The van der Waals surface area contributed by atoms with E-state index in [1.807, 2.05) is 25.1 Å². The van der Waals surface area contributed by atoms with Gasteiger partial charge in [-0.25, -0.2) is 9.67 Å². The normalized spacial score (nSPS) is 10.7. The Morgan fingerprint density at radius 1 is 1.53 bits per heavy atom. The van der Waals surface area contributed by atoms with Crippen molar-refractivity contribution in [3.8, 4) is 11.4 Å². The van der Waals surface area contributed by atoms with Gasteiger partial charge in [-0.1, -0.05) is 29.4 Å². The quantitative estimate of drug-likeness (QED) is 0.879. The van der Waals surface area contributed by atoms with Crippen LogP contribution in [0.5, 0.6) is 0 Å². The summed E-state index contributed by atoms with van der Waals surface area (Å²) in [4.78, 5) is 14.9. The van der Waals surface area contributed by atoms with Gasteiger partial charge >= 0.3 is 5.97 Å². The average Bonchev–Trinajstić information content (AvgIpc) is 2.67. The summed E-state index contributed by atoms with van der Waals surface area (Å²) in [5.74, 6) is -0.434. The van der Waals surface area contributed by atoms with Crippen LogP contribution in [0.15, 0.2) is 23.4 Å². The van der Waals surface area contributed by atoms with Crippen molar-refractivity contribution >= 4 is 29.3 Å². The molecule has 1 N–H and O–H groups in total. The Balaban J connectivity index is 2.31. The maximum atomic E-state index is 10.6. The number of benzene rings is 1. The molecule has 1 aromatic carbocycles. The molecule has 0 aliphatic rings. The fourth-order valence-electron chi connectivity index (χ4n) is 1.54. The zero-order valence-corrected chi connectivity index (χ0v) is 12.0. The molecule has 2 rings (SSSR count). The van der Waals surface area contributed by atoms with Crippen molar-refractivity contribution < 1.29 is 9.90 Å². The summed E-state index contributed by atoms with van der Waals surface area (Å²) >= 11 is 7.29. The highest BCUT2D eigenvalue weighted by molar-refractivity contribution is 7.99. The van der Waals surface area contributed by atoms with E-state index in [1.165, 1.54) is 0 Å². The van der Waals surface area contributed by atoms with Crippen LogP contribution in [0, 0.1) is 6.92 Å². The van der Waals surface area contributed by atoms with Crippen molar-refractivity contribution in [1.29, 1.82) is 0 Å². The first-order valence-corrected chi connectivity index (χ1v) is 6.86. The lowest BCUT2D eigenvalue weighted by atomic mass is 10.1. The van der Waals surface area contributed by atoms with Crippen LogP contribution in [0.25, 0.3) is 11.4 Å². The number of hydrogen-bond acceptors (Lipinski definition) is 4. The van der Waals surface area contributed by atoms with Gasteiger partial charge in [0, 0.05) is 12.6 Å². The van der Waals surface area contributed by atoms with Crippen LogP contribution in [0.4, 0.5) is 0 Å². The number of aromatic nitrogens is 3. The predicted molar refractivity (Wildman–Crippen MR) is 74.5 cm³/mol. The topological polar surface area (TPSA) is 68.0 Å². The van der Waals surface area contributed by atoms with Crippen molar-refractivity contribution in [2.24, 2.45) is 7.05 Å². The van der Waals surface area contributed by atoms with Crippen molar-refractivity contribution in [2.75, 3.05) is 5.75 Å². The number of hydrogen-bond donors (Lipinski definition) is 1. The maximum absolute atomic E-state index is 10.6. The van der Waals surface area contributed by atoms with Crippen LogP contribution < -0.4 is 0 Å². The number of carboxylic acids is 1. The summed E-state index contributed by atoms with van der Waals surface area (Å²) in [6, 6.07) is 5.64. The van der Waals surface area contributed by atoms with Gasteiger partial charge in [0.2, 0.25) is 0 Å². The number of halogens is 1. The Bertz CT molecular complexity index is 627. The van der Waals surface area contributed by atoms with Crippen molar-refractivity contribution in [1.82, 2.24) is 14.8 Å². The number of aryl methyl sites for hydroxylation is 2. The largest absolute Gasteiger partial charge is 0.481 e. The summed E-state index contributed by atoms with van der Waals surface area (Å²) in [6.45, 7) is 1.95. The Morgan fingerprint density at radius 2 is 2.26 bits per heavy atom. The van der Waals surface area contributed by atoms with E-state index in [0.717, 1.165) is 22.9 Å². The molecule has 0 aliphatic carbocycles. The zero-order chi connectivity index (χ0) is 14.0. The lowest BCUT2D eigenvalue weighted by Crippen LogP contribution is -2.00. The number of aliphatic carboxylic acids is 1. The van der Waals surface area contributed by atoms with Gasteiger partial charge in [0.25, 0.3) is 0 Å². The highest BCUT2D eigenvalue weighted by Crippen LogP contribution is 2.28. The lowest BCUT2D eigenvalue weighted by Gasteiger charge is -2.00. The molecule has 1 aromatic heterocycles. The SMILES string of the molecule is Cc1ccc(-c2nc(SCC(=O)O)n(C)n2)c(Cl)c1. The monoisotopic (exact) mass is 297 g/mol. The van der Waals surface area contributed by atoms with Gasteiger partial charge in [-0.05, 0) is 24.6 Å². The van der Waals surface area contributed by atoms with Gasteiger partial charge in [-0.3, -0.25) is 4.79 Å². The van der Waals surface area contributed by atoms with Crippen LogP contribution in [0.3, 0.4) is 0 Å². The molecule has 0 saturated carbocycles. The van der Waals surface area contributed by atoms with Crippen molar-refractivity contribution in [3.63, 3.8) is 0 Å². The fourth-order valence-corrected chi connectivity index (χ4v) is 2.49. The summed E-state index contributed by atoms with van der Waals surface area (Å²) < 4.78 is 1.55. The molecule has 1 heterocycles. The molecule has 100 valence electrons. The lowest BCUT2D eigenvalue weighted by molar-refractivity contribution is -0.133. The van der Waals surface area contributed by atoms with Gasteiger partial charge in [0.05, 0.1) is 10.8 Å². The minimum absolute atomic E-state index is 0.0480. The molecule has 0 saturated heterocycles. The third kappa shape index (κ3) is 3.27. The second kappa shape index (κ2) is 5.63. The minimum Gasteiger partial charge on any atom is -0.481 e. The predicted octanol–water partition coefficient (Wildman–Crippen LogP) is 2.62. The van der Waals surface area contributed by atoms with Crippen molar-refractivity contribution in [2.45, 2.75) is 12.1 Å². The van der Waals surface area contributed by atoms with E-state index in [2.05, 4.69) is 10.1 Å². The molecule has 0 radical (unpaired) electrons. The van der Waals surface area contributed by atoms with E-state index >= 15 is 0 Å². The molecule has 7 heteroatoms. The Labute approximate surface area is 119 Å². The average molecular weight is 298 g/mol. The second-order valence-corrected chi connectivity index (χ2v) is 5.36. The summed E-state index contributed by atoms with van der Waals surface area (Å²) in [6.07, 6.45) is 0. The van der Waals surface area contributed by atoms with Crippen LogP contribution >= 0.6 is 23.4 Å². The van der Waals surface area contributed by atoms with Crippen LogP contribution in [-0.4, -0.2) is 31.6 Å². The number of nitrogens with zero attached hydrogens (tertiary/aromatic N) is 3.